The minimum atomic E-state index is -0.395. The smallest absolute Gasteiger partial charge is 0.134 e. The summed E-state index contributed by atoms with van der Waals surface area (Å²) in [7, 11) is 0. The van der Waals surface area contributed by atoms with Crippen LogP contribution in [0.4, 0.5) is 15.9 Å². The van der Waals surface area contributed by atoms with E-state index in [4.69, 9.17) is 5.73 Å². The fourth-order valence-corrected chi connectivity index (χ4v) is 1.86. The third-order valence-electron chi connectivity index (χ3n) is 2.93. The van der Waals surface area contributed by atoms with Crippen molar-refractivity contribution in [3.8, 4) is 0 Å². The molecule has 0 aliphatic heterocycles. The molecule has 0 amide bonds. The predicted molar refractivity (Wildman–Crippen MR) is 70.9 cm³/mol. The number of hydrogen-bond acceptors (Lipinski definition) is 4. The van der Waals surface area contributed by atoms with Gasteiger partial charge in [0.15, 0.2) is 0 Å². The maximum Gasteiger partial charge on any atom is 0.134 e. The van der Waals surface area contributed by atoms with Crippen molar-refractivity contribution >= 4 is 22.3 Å². The van der Waals surface area contributed by atoms with Gasteiger partial charge >= 0.3 is 0 Å². The molecule has 0 saturated heterocycles. The van der Waals surface area contributed by atoms with Gasteiger partial charge in [-0.2, -0.15) is 0 Å². The van der Waals surface area contributed by atoms with Crippen LogP contribution in [0.3, 0.4) is 0 Å². The van der Waals surface area contributed by atoms with Crippen molar-refractivity contribution in [3.05, 3.63) is 30.2 Å². The molecular formula is C13H16FN3O. The number of anilines is 2. The zero-order chi connectivity index (χ0) is 13.1. The molecule has 96 valence electrons. The highest BCUT2D eigenvalue weighted by Crippen LogP contribution is 2.27. The summed E-state index contributed by atoms with van der Waals surface area (Å²) in [6.07, 6.45) is 2.36. The lowest BCUT2D eigenvalue weighted by Crippen LogP contribution is -2.23. The van der Waals surface area contributed by atoms with Crippen LogP contribution >= 0.6 is 0 Å². The zero-order valence-electron chi connectivity index (χ0n) is 10.2. The number of nitrogens with one attached hydrogen (secondary N) is 1. The molecular weight excluding hydrogens is 233 g/mol. The van der Waals surface area contributed by atoms with Gasteiger partial charge in [0.1, 0.15) is 11.6 Å². The van der Waals surface area contributed by atoms with E-state index in [1.165, 1.54) is 12.1 Å². The van der Waals surface area contributed by atoms with Gasteiger partial charge < -0.3 is 16.2 Å². The Morgan fingerprint density at radius 3 is 2.89 bits per heavy atom. The molecule has 1 unspecified atom stereocenters. The van der Waals surface area contributed by atoms with E-state index < -0.39 is 5.82 Å². The highest BCUT2D eigenvalue weighted by molar-refractivity contribution is 5.99. The van der Waals surface area contributed by atoms with Gasteiger partial charge in [-0.05, 0) is 24.6 Å². The number of rotatable bonds is 4. The first kappa shape index (κ1) is 12.6. The number of aliphatic hydroxyl groups excluding tert-OH is 1. The van der Waals surface area contributed by atoms with E-state index in [9.17, 15) is 9.50 Å². The van der Waals surface area contributed by atoms with Gasteiger partial charge in [-0.3, -0.25) is 0 Å². The largest absolute Gasteiger partial charge is 0.398 e. The number of benzene rings is 1. The Hall–Kier alpha value is -1.88. The summed E-state index contributed by atoms with van der Waals surface area (Å²) >= 11 is 0. The van der Waals surface area contributed by atoms with Crippen LogP contribution in [0.1, 0.15) is 13.3 Å². The first-order valence-electron chi connectivity index (χ1n) is 5.86. The van der Waals surface area contributed by atoms with Crippen LogP contribution in [0.15, 0.2) is 24.4 Å². The monoisotopic (exact) mass is 249 g/mol. The molecule has 0 radical (unpaired) electrons. The Kier molecular flexibility index (Phi) is 3.62. The summed E-state index contributed by atoms with van der Waals surface area (Å²) in [6.45, 7) is 1.95. The second-order valence-electron chi connectivity index (χ2n) is 4.18. The molecule has 0 aliphatic rings. The first-order chi connectivity index (χ1) is 8.65. The number of aliphatic hydroxyl groups is 1. The summed E-state index contributed by atoms with van der Waals surface area (Å²) in [5.74, 6) is 0.146. The summed E-state index contributed by atoms with van der Waals surface area (Å²) in [5.41, 5.74) is 6.16. The van der Waals surface area contributed by atoms with Crippen LogP contribution in [0, 0.1) is 5.82 Å². The number of fused-ring (bicyclic) bond motifs is 1. The van der Waals surface area contributed by atoms with E-state index in [0.29, 0.717) is 16.9 Å². The molecule has 1 aromatic heterocycles. The first-order valence-corrected chi connectivity index (χ1v) is 5.86. The summed E-state index contributed by atoms with van der Waals surface area (Å²) in [6, 6.07) is 4.32. The SMILES string of the molecule is CCC(CO)Nc1nccc2c(N)cc(F)cc12. The van der Waals surface area contributed by atoms with E-state index in [2.05, 4.69) is 10.3 Å². The van der Waals surface area contributed by atoms with E-state index in [1.807, 2.05) is 6.92 Å². The maximum atomic E-state index is 13.4. The average molecular weight is 249 g/mol. The van der Waals surface area contributed by atoms with Crippen LogP contribution in [0.2, 0.25) is 0 Å². The highest BCUT2D eigenvalue weighted by atomic mass is 19.1. The molecule has 5 heteroatoms. The Morgan fingerprint density at radius 2 is 2.22 bits per heavy atom. The second-order valence-corrected chi connectivity index (χ2v) is 4.18. The Bertz CT molecular complexity index is 555. The quantitative estimate of drug-likeness (QED) is 0.726. The molecule has 4 nitrogen and oxygen atoms in total. The third-order valence-corrected chi connectivity index (χ3v) is 2.93. The van der Waals surface area contributed by atoms with E-state index >= 15 is 0 Å². The summed E-state index contributed by atoms with van der Waals surface area (Å²) in [5, 5.41) is 13.7. The average Bonchev–Trinajstić information content (AvgIpc) is 2.36. The molecule has 4 N–H and O–H groups in total. The lowest BCUT2D eigenvalue weighted by Gasteiger charge is -2.16. The lowest BCUT2D eigenvalue weighted by molar-refractivity contribution is 0.271. The highest BCUT2D eigenvalue weighted by Gasteiger charge is 2.10. The van der Waals surface area contributed by atoms with Crippen LogP contribution in [-0.2, 0) is 0 Å². The number of pyridine rings is 1. The fraction of sp³-hybridized carbons (Fsp3) is 0.308. The van der Waals surface area contributed by atoms with E-state index in [1.54, 1.807) is 12.3 Å². The summed E-state index contributed by atoms with van der Waals surface area (Å²) in [4.78, 5) is 4.18. The van der Waals surface area contributed by atoms with Crippen LogP contribution in [-0.4, -0.2) is 22.7 Å². The number of hydrogen-bond donors (Lipinski definition) is 3. The van der Waals surface area contributed by atoms with Crippen molar-refractivity contribution in [2.45, 2.75) is 19.4 Å². The van der Waals surface area contributed by atoms with Crippen LogP contribution in [0.5, 0.6) is 0 Å². The minimum Gasteiger partial charge on any atom is -0.398 e. The Labute approximate surface area is 105 Å². The van der Waals surface area contributed by atoms with Crippen LogP contribution < -0.4 is 11.1 Å². The molecule has 1 aromatic carbocycles. The molecule has 0 fully saturated rings. The van der Waals surface area contributed by atoms with Crippen LogP contribution in [0.25, 0.3) is 10.8 Å². The van der Waals surface area contributed by atoms with E-state index in [-0.39, 0.29) is 12.6 Å². The van der Waals surface area contributed by atoms with Gasteiger partial charge in [0.2, 0.25) is 0 Å². The molecule has 18 heavy (non-hydrogen) atoms. The number of nitrogens with zero attached hydrogens (tertiary/aromatic N) is 1. The van der Waals surface area contributed by atoms with Gasteiger partial charge in [-0.1, -0.05) is 6.92 Å². The normalized spacial score (nSPS) is 12.6. The number of nitrogens with two attached hydrogens (primary N) is 1. The molecule has 0 spiro atoms. The number of halogens is 1. The minimum absolute atomic E-state index is 0.000629. The molecule has 1 heterocycles. The van der Waals surface area contributed by atoms with Crippen molar-refractivity contribution in [2.24, 2.45) is 0 Å². The van der Waals surface area contributed by atoms with Crippen molar-refractivity contribution in [1.29, 1.82) is 0 Å². The van der Waals surface area contributed by atoms with Gasteiger partial charge in [-0.15, -0.1) is 0 Å². The second kappa shape index (κ2) is 5.18. The zero-order valence-corrected chi connectivity index (χ0v) is 10.2. The maximum absolute atomic E-state index is 13.4. The number of nitrogen functional groups attached to an aromatic ring is 1. The standard InChI is InChI=1S/C13H16FN3O/c1-2-9(7-18)17-13-11-5-8(14)6-12(15)10(11)3-4-16-13/h3-6,9,18H,2,7,15H2,1H3,(H,16,17). The van der Waals surface area contributed by atoms with Gasteiger partial charge in [0, 0.05) is 22.7 Å². The third kappa shape index (κ3) is 2.36. The van der Waals surface area contributed by atoms with E-state index in [0.717, 1.165) is 11.8 Å². The Balaban J connectivity index is 2.50. The molecule has 0 aliphatic carbocycles. The van der Waals surface area contributed by atoms with Crippen molar-refractivity contribution in [3.63, 3.8) is 0 Å². The molecule has 0 bridgehead atoms. The van der Waals surface area contributed by atoms with Gasteiger partial charge in [0.25, 0.3) is 0 Å². The molecule has 2 rings (SSSR count). The van der Waals surface area contributed by atoms with Crippen molar-refractivity contribution in [2.75, 3.05) is 17.7 Å². The number of aromatic nitrogens is 1. The molecule has 0 saturated carbocycles. The topological polar surface area (TPSA) is 71.2 Å². The lowest BCUT2D eigenvalue weighted by atomic mass is 10.1. The molecule has 1 atom stereocenters. The van der Waals surface area contributed by atoms with Gasteiger partial charge in [-0.25, -0.2) is 9.37 Å². The van der Waals surface area contributed by atoms with Crippen molar-refractivity contribution < 1.29 is 9.50 Å². The predicted octanol–water partition coefficient (Wildman–Crippen LogP) is 2.14. The van der Waals surface area contributed by atoms with Crippen molar-refractivity contribution in [1.82, 2.24) is 4.98 Å². The molecule has 2 aromatic rings. The fourth-order valence-electron chi connectivity index (χ4n) is 1.86. The summed E-state index contributed by atoms with van der Waals surface area (Å²) < 4.78 is 13.4. The van der Waals surface area contributed by atoms with Gasteiger partial charge in [0.05, 0.1) is 12.6 Å². The Morgan fingerprint density at radius 1 is 1.44 bits per heavy atom.